The van der Waals surface area contributed by atoms with Crippen LogP contribution in [0.5, 0.6) is 5.75 Å². The maximum Gasteiger partial charge on any atom is 0.255 e. The molecule has 2 N–H and O–H groups in total. The molecule has 1 amide bonds. The van der Waals surface area contributed by atoms with Crippen molar-refractivity contribution in [3.63, 3.8) is 0 Å². The van der Waals surface area contributed by atoms with Crippen molar-refractivity contribution >= 4 is 11.6 Å². The smallest absolute Gasteiger partial charge is 0.255 e. The van der Waals surface area contributed by atoms with Gasteiger partial charge in [-0.25, -0.2) is 0 Å². The summed E-state index contributed by atoms with van der Waals surface area (Å²) in [5.41, 5.74) is 2.50. The number of morpholine rings is 1. The van der Waals surface area contributed by atoms with Gasteiger partial charge in [-0.15, -0.1) is 0 Å². The highest BCUT2D eigenvalue weighted by Gasteiger charge is 2.31. The number of carbonyl (C=O) groups is 1. The van der Waals surface area contributed by atoms with Crippen molar-refractivity contribution in [3.05, 3.63) is 59.7 Å². The average molecular weight is 395 g/mol. The van der Waals surface area contributed by atoms with Crippen LogP contribution in [0.2, 0.25) is 0 Å². The van der Waals surface area contributed by atoms with Crippen molar-refractivity contribution in [2.75, 3.05) is 31.6 Å². The van der Waals surface area contributed by atoms with E-state index in [2.05, 4.69) is 29.7 Å². The average Bonchev–Trinajstić information content (AvgIpc) is 3.59. The van der Waals surface area contributed by atoms with E-state index in [9.17, 15) is 4.79 Å². The molecule has 2 aliphatic rings. The summed E-state index contributed by atoms with van der Waals surface area (Å²) in [6.07, 6.45) is 4.37. The zero-order valence-corrected chi connectivity index (χ0v) is 17.1. The molecule has 1 aliphatic heterocycles. The van der Waals surface area contributed by atoms with Crippen LogP contribution < -0.4 is 15.4 Å². The Labute approximate surface area is 172 Å². The quantitative estimate of drug-likeness (QED) is 0.709. The fourth-order valence-electron chi connectivity index (χ4n) is 3.65. The van der Waals surface area contributed by atoms with Crippen LogP contribution >= 0.6 is 0 Å². The van der Waals surface area contributed by atoms with Crippen molar-refractivity contribution < 1.29 is 14.3 Å². The molecular formula is C24H30N2O3. The number of rotatable bonds is 8. The minimum atomic E-state index is -0.133. The number of carbonyl (C=O) groups excluding carboxylic acids is 1. The second-order valence-electron chi connectivity index (χ2n) is 8.17. The monoisotopic (exact) mass is 394 g/mol. The minimum absolute atomic E-state index is 0.115. The number of hydrogen-bond acceptors (Lipinski definition) is 4. The largest absolute Gasteiger partial charge is 0.493 e. The summed E-state index contributed by atoms with van der Waals surface area (Å²) in [7, 11) is 0. The normalized spacial score (nSPS) is 21.6. The molecule has 29 heavy (non-hydrogen) atoms. The first-order chi connectivity index (χ1) is 14.2. The van der Waals surface area contributed by atoms with Crippen molar-refractivity contribution in [2.24, 2.45) is 5.92 Å². The summed E-state index contributed by atoms with van der Waals surface area (Å²) in [5, 5.41) is 6.40. The van der Waals surface area contributed by atoms with Gasteiger partial charge in [-0.1, -0.05) is 19.1 Å². The highest BCUT2D eigenvalue weighted by Crippen LogP contribution is 2.29. The zero-order valence-electron chi connectivity index (χ0n) is 17.1. The van der Waals surface area contributed by atoms with Crippen molar-refractivity contribution in [3.8, 4) is 5.75 Å². The van der Waals surface area contributed by atoms with Crippen LogP contribution in [0.3, 0.4) is 0 Å². The van der Waals surface area contributed by atoms with Crippen LogP contribution in [0.1, 0.15) is 42.1 Å². The van der Waals surface area contributed by atoms with Crippen LogP contribution in [0.15, 0.2) is 48.5 Å². The predicted octanol–water partition coefficient (Wildman–Crippen LogP) is 4.04. The molecule has 2 fully saturated rings. The fraction of sp³-hybridized carbons (Fsp3) is 0.458. The van der Waals surface area contributed by atoms with E-state index in [0.717, 1.165) is 50.6 Å². The summed E-state index contributed by atoms with van der Waals surface area (Å²) in [6.45, 7) is 5.50. The van der Waals surface area contributed by atoms with E-state index in [1.165, 1.54) is 18.4 Å². The minimum Gasteiger partial charge on any atom is -0.493 e. The van der Waals surface area contributed by atoms with Gasteiger partial charge in [0.2, 0.25) is 0 Å². The predicted molar refractivity (Wildman–Crippen MR) is 115 cm³/mol. The van der Waals surface area contributed by atoms with E-state index >= 15 is 0 Å². The van der Waals surface area contributed by atoms with E-state index in [0.29, 0.717) is 11.5 Å². The fourth-order valence-corrected chi connectivity index (χ4v) is 3.65. The molecule has 0 bridgehead atoms. The summed E-state index contributed by atoms with van der Waals surface area (Å²) in [6, 6.07) is 15.4. The van der Waals surface area contributed by atoms with Gasteiger partial charge in [0, 0.05) is 30.8 Å². The second-order valence-corrected chi connectivity index (χ2v) is 8.17. The molecule has 0 radical (unpaired) electrons. The lowest BCUT2D eigenvalue weighted by atomic mass is 9.90. The Kier molecular flexibility index (Phi) is 6.16. The third kappa shape index (κ3) is 5.37. The summed E-state index contributed by atoms with van der Waals surface area (Å²) in [4.78, 5) is 12.5. The molecule has 0 spiro atoms. The Bertz CT molecular complexity index is 807. The van der Waals surface area contributed by atoms with E-state index in [1.54, 1.807) is 0 Å². The van der Waals surface area contributed by atoms with Gasteiger partial charge in [-0.05, 0) is 67.1 Å². The molecule has 1 heterocycles. The first kappa shape index (κ1) is 19.9. The molecule has 4 rings (SSSR count). The van der Waals surface area contributed by atoms with Gasteiger partial charge >= 0.3 is 0 Å². The molecule has 1 saturated heterocycles. The zero-order chi connectivity index (χ0) is 20.1. The van der Waals surface area contributed by atoms with E-state index in [1.807, 2.05) is 36.4 Å². The van der Waals surface area contributed by atoms with Gasteiger partial charge in [-0.3, -0.25) is 4.79 Å². The Hall–Kier alpha value is -2.37. The van der Waals surface area contributed by atoms with Crippen LogP contribution in [0.4, 0.5) is 5.69 Å². The summed E-state index contributed by atoms with van der Waals surface area (Å²) in [5.74, 6) is 1.42. The van der Waals surface area contributed by atoms with Gasteiger partial charge in [0.15, 0.2) is 0 Å². The lowest BCUT2D eigenvalue weighted by molar-refractivity contribution is -0.0676. The van der Waals surface area contributed by atoms with E-state index in [4.69, 9.17) is 9.47 Å². The van der Waals surface area contributed by atoms with Crippen LogP contribution in [-0.2, 0) is 11.2 Å². The molecule has 1 aliphatic carbocycles. The Morgan fingerprint density at radius 3 is 2.55 bits per heavy atom. The maximum atomic E-state index is 12.5. The van der Waals surface area contributed by atoms with E-state index in [-0.39, 0.29) is 11.5 Å². The van der Waals surface area contributed by atoms with Crippen LogP contribution in [-0.4, -0.2) is 37.8 Å². The van der Waals surface area contributed by atoms with Gasteiger partial charge < -0.3 is 20.1 Å². The lowest BCUT2D eigenvalue weighted by Gasteiger charge is -2.37. The summed E-state index contributed by atoms with van der Waals surface area (Å²) < 4.78 is 11.8. The standard InChI is InChI=1S/C24H30N2O3/c1-2-24(17-25-13-14-29-24)15-18-5-9-21(10-6-18)26-23(27)20-7-11-22(12-8-20)28-16-19-3-4-19/h5-12,19,25H,2-4,13-17H2,1H3,(H,26,27)/t24-/m1/s1. The van der Waals surface area contributed by atoms with Crippen LogP contribution in [0.25, 0.3) is 0 Å². The number of ether oxygens (including phenoxy) is 2. The van der Waals surface area contributed by atoms with Crippen LogP contribution in [0, 0.1) is 5.92 Å². The number of benzene rings is 2. The van der Waals surface area contributed by atoms with Gasteiger partial charge in [-0.2, -0.15) is 0 Å². The second kappa shape index (κ2) is 8.97. The maximum absolute atomic E-state index is 12.5. The number of anilines is 1. The molecule has 5 nitrogen and oxygen atoms in total. The SMILES string of the molecule is CC[C@@]1(Cc2ccc(NC(=O)c3ccc(OCC4CC4)cc3)cc2)CNCCO1. The molecule has 0 unspecified atom stereocenters. The van der Waals surface area contributed by atoms with Crippen molar-refractivity contribution in [1.29, 1.82) is 0 Å². The number of amides is 1. The lowest BCUT2D eigenvalue weighted by Crippen LogP contribution is -2.50. The third-order valence-corrected chi connectivity index (χ3v) is 5.82. The van der Waals surface area contributed by atoms with Gasteiger partial charge in [0.25, 0.3) is 5.91 Å². The molecule has 2 aromatic carbocycles. The highest BCUT2D eigenvalue weighted by atomic mass is 16.5. The first-order valence-electron chi connectivity index (χ1n) is 10.6. The van der Waals surface area contributed by atoms with Gasteiger partial charge in [0.1, 0.15) is 5.75 Å². The first-order valence-corrected chi connectivity index (χ1v) is 10.6. The molecule has 154 valence electrons. The van der Waals surface area contributed by atoms with Gasteiger partial charge in [0.05, 0.1) is 18.8 Å². The molecular weight excluding hydrogens is 364 g/mol. The Morgan fingerprint density at radius 1 is 1.17 bits per heavy atom. The Balaban J connectivity index is 1.32. The number of hydrogen-bond donors (Lipinski definition) is 2. The number of nitrogens with one attached hydrogen (secondary N) is 2. The van der Waals surface area contributed by atoms with E-state index < -0.39 is 0 Å². The van der Waals surface area contributed by atoms with Crippen molar-refractivity contribution in [2.45, 2.75) is 38.2 Å². The molecule has 2 aromatic rings. The molecule has 1 saturated carbocycles. The van der Waals surface area contributed by atoms with Crippen molar-refractivity contribution in [1.82, 2.24) is 5.32 Å². The Morgan fingerprint density at radius 2 is 1.93 bits per heavy atom. The highest BCUT2D eigenvalue weighted by molar-refractivity contribution is 6.04. The third-order valence-electron chi connectivity index (χ3n) is 5.82. The summed E-state index contributed by atoms with van der Waals surface area (Å²) >= 11 is 0. The topological polar surface area (TPSA) is 59.6 Å². The molecule has 5 heteroatoms. The molecule has 0 aromatic heterocycles. The molecule has 1 atom stereocenters.